The van der Waals surface area contributed by atoms with Crippen molar-refractivity contribution < 1.29 is 14.3 Å². The molecule has 2 amide bonds. The summed E-state index contributed by atoms with van der Waals surface area (Å²) in [6.07, 6.45) is 0. The topological polar surface area (TPSA) is 98.1 Å². The van der Waals surface area contributed by atoms with Crippen molar-refractivity contribution in [3.05, 3.63) is 71.5 Å². The van der Waals surface area contributed by atoms with E-state index in [2.05, 4.69) is 20.8 Å². The summed E-state index contributed by atoms with van der Waals surface area (Å²) in [4.78, 5) is 24.8. The van der Waals surface area contributed by atoms with Crippen LogP contribution < -0.4 is 15.4 Å². The van der Waals surface area contributed by atoms with Gasteiger partial charge in [0.25, 0.3) is 5.91 Å². The van der Waals surface area contributed by atoms with E-state index >= 15 is 0 Å². The second-order valence-electron chi connectivity index (χ2n) is 7.04. The fraction of sp³-hybridized carbons (Fsp3) is 0.304. The van der Waals surface area contributed by atoms with Gasteiger partial charge in [-0.05, 0) is 43.7 Å². The molecular formula is C23H27N5O3S. The predicted octanol–water partition coefficient (Wildman–Crippen LogP) is 3.21. The zero-order valence-corrected chi connectivity index (χ0v) is 19.2. The number of benzene rings is 2. The number of rotatable bonds is 10. The molecule has 2 aromatic carbocycles. The number of thioether (sulfide) groups is 1. The lowest BCUT2D eigenvalue weighted by molar-refractivity contribution is -0.119. The Hall–Kier alpha value is -3.33. The third-order valence-electron chi connectivity index (χ3n) is 4.88. The molecule has 32 heavy (non-hydrogen) atoms. The second-order valence-corrected chi connectivity index (χ2v) is 7.99. The highest BCUT2D eigenvalue weighted by Gasteiger charge is 2.16. The van der Waals surface area contributed by atoms with Crippen molar-refractivity contribution in [3.8, 4) is 5.75 Å². The van der Waals surface area contributed by atoms with Crippen molar-refractivity contribution >= 4 is 23.6 Å². The number of carbonyl (C=O) groups is 2. The Kier molecular flexibility index (Phi) is 8.27. The summed E-state index contributed by atoms with van der Waals surface area (Å²) in [7, 11) is 1.58. The van der Waals surface area contributed by atoms with Gasteiger partial charge in [0.05, 0.1) is 25.4 Å². The van der Waals surface area contributed by atoms with Crippen LogP contribution in [0, 0.1) is 0 Å². The SMILES string of the molecule is CCn1c(CNC(=O)c2ccc(OC)cc2)nnc1SCC(=O)N[C@H](C)c1ccccc1. The molecule has 1 heterocycles. The van der Waals surface area contributed by atoms with E-state index in [1.54, 1.807) is 31.4 Å². The van der Waals surface area contributed by atoms with E-state index in [0.717, 1.165) is 5.56 Å². The minimum atomic E-state index is -0.207. The van der Waals surface area contributed by atoms with Crippen molar-refractivity contribution in [1.29, 1.82) is 0 Å². The normalized spacial score (nSPS) is 11.6. The molecule has 1 aromatic heterocycles. The summed E-state index contributed by atoms with van der Waals surface area (Å²) in [5, 5.41) is 14.9. The van der Waals surface area contributed by atoms with Gasteiger partial charge in [0.15, 0.2) is 11.0 Å². The molecule has 0 unspecified atom stereocenters. The molecule has 0 radical (unpaired) electrons. The highest BCUT2D eigenvalue weighted by molar-refractivity contribution is 7.99. The van der Waals surface area contributed by atoms with E-state index in [1.165, 1.54) is 11.8 Å². The molecule has 0 saturated heterocycles. The van der Waals surface area contributed by atoms with Gasteiger partial charge in [-0.25, -0.2) is 0 Å². The minimum Gasteiger partial charge on any atom is -0.497 e. The second kappa shape index (κ2) is 11.3. The third-order valence-corrected chi connectivity index (χ3v) is 5.85. The Morgan fingerprint density at radius 2 is 1.81 bits per heavy atom. The largest absolute Gasteiger partial charge is 0.497 e. The fourth-order valence-electron chi connectivity index (χ4n) is 3.12. The smallest absolute Gasteiger partial charge is 0.251 e. The molecule has 1 atom stereocenters. The molecule has 0 aliphatic carbocycles. The number of methoxy groups -OCH3 is 1. The molecule has 3 rings (SSSR count). The maximum Gasteiger partial charge on any atom is 0.251 e. The third kappa shape index (κ3) is 6.10. The number of carbonyl (C=O) groups excluding carboxylic acids is 2. The highest BCUT2D eigenvalue weighted by atomic mass is 32.2. The van der Waals surface area contributed by atoms with E-state index in [1.807, 2.05) is 48.7 Å². The molecular weight excluding hydrogens is 426 g/mol. The Balaban J connectivity index is 1.53. The number of hydrogen-bond acceptors (Lipinski definition) is 6. The molecule has 0 aliphatic heterocycles. The van der Waals surface area contributed by atoms with Gasteiger partial charge in [-0.3, -0.25) is 9.59 Å². The maximum atomic E-state index is 12.4. The van der Waals surface area contributed by atoms with Crippen LogP contribution in [0.25, 0.3) is 0 Å². The first-order valence-corrected chi connectivity index (χ1v) is 11.3. The Morgan fingerprint density at radius 1 is 1.09 bits per heavy atom. The van der Waals surface area contributed by atoms with E-state index < -0.39 is 0 Å². The summed E-state index contributed by atoms with van der Waals surface area (Å²) < 4.78 is 7.01. The zero-order valence-electron chi connectivity index (χ0n) is 18.4. The van der Waals surface area contributed by atoms with Gasteiger partial charge in [0, 0.05) is 12.1 Å². The van der Waals surface area contributed by atoms with Gasteiger partial charge < -0.3 is 19.9 Å². The monoisotopic (exact) mass is 453 g/mol. The summed E-state index contributed by atoms with van der Waals surface area (Å²) in [5.74, 6) is 1.27. The van der Waals surface area contributed by atoms with E-state index in [4.69, 9.17) is 4.74 Å². The number of nitrogens with zero attached hydrogens (tertiary/aromatic N) is 3. The number of ether oxygens (including phenoxy) is 1. The molecule has 0 saturated carbocycles. The quantitative estimate of drug-likeness (QED) is 0.458. The molecule has 8 nitrogen and oxygen atoms in total. The van der Waals surface area contributed by atoms with Crippen LogP contribution in [0.1, 0.15) is 41.6 Å². The number of hydrogen-bond donors (Lipinski definition) is 2. The standard InChI is InChI=1S/C23H27N5O3S/c1-4-28-20(14-24-22(30)18-10-12-19(31-3)13-11-18)26-27-23(28)32-15-21(29)25-16(2)17-8-6-5-7-9-17/h5-13,16H,4,14-15H2,1-3H3,(H,24,30)(H,25,29)/t16-/m1/s1. The predicted molar refractivity (Wildman–Crippen MR) is 124 cm³/mol. The summed E-state index contributed by atoms with van der Waals surface area (Å²) in [6, 6.07) is 16.6. The molecule has 3 aromatic rings. The van der Waals surface area contributed by atoms with Crippen LogP contribution in [-0.2, 0) is 17.9 Å². The molecule has 0 bridgehead atoms. The maximum absolute atomic E-state index is 12.4. The first-order chi connectivity index (χ1) is 15.5. The van der Waals surface area contributed by atoms with Crippen molar-refractivity contribution in [2.75, 3.05) is 12.9 Å². The van der Waals surface area contributed by atoms with E-state index in [-0.39, 0.29) is 30.2 Å². The Morgan fingerprint density at radius 3 is 2.47 bits per heavy atom. The molecule has 2 N–H and O–H groups in total. The molecule has 0 aliphatic rings. The van der Waals surface area contributed by atoms with Crippen molar-refractivity contribution in [2.45, 2.75) is 38.1 Å². The average Bonchev–Trinajstić information content (AvgIpc) is 3.23. The van der Waals surface area contributed by atoms with Crippen LogP contribution in [0.5, 0.6) is 5.75 Å². The fourth-order valence-corrected chi connectivity index (χ4v) is 3.95. The van der Waals surface area contributed by atoms with Crippen LogP contribution in [0.3, 0.4) is 0 Å². The van der Waals surface area contributed by atoms with Gasteiger partial charge >= 0.3 is 0 Å². The van der Waals surface area contributed by atoms with Gasteiger partial charge in [0.1, 0.15) is 5.75 Å². The number of aromatic nitrogens is 3. The first kappa shape index (κ1) is 23.3. The van der Waals surface area contributed by atoms with Gasteiger partial charge in [-0.15, -0.1) is 10.2 Å². The van der Waals surface area contributed by atoms with Gasteiger partial charge in [0.2, 0.25) is 5.91 Å². The van der Waals surface area contributed by atoms with Crippen molar-refractivity contribution in [2.24, 2.45) is 0 Å². The van der Waals surface area contributed by atoms with Crippen molar-refractivity contribution in [3.63, 3.8) is 0 Å². The molecule has 0 spiro atoms. The van der Waals surface area contributed by atoms with E-state index in [9.17, 15) is 9.59 Å². The van der Waals surface area contributed by atoms with E-state index in [0.29, 0.717) is 28.8 Å². The average molecular weight is 454 g/mol. The lowest BCUT2D eigenvalue weighted by atomic mass is 10.1. The lowest BCUT2D eigenvalue weighted by Gasteiger charge is -2.14. The summed E-state index contributed by atoms with van der Waals surface area (Å²) >= 11 is 1.32. The van der Waals surface area contributed by atoms with Crippen LogP contribution in [-0.4, -0.2) is 39.4 Å². The van der Waals surface area contributed by atoms with Crippen LogP contribution in [0.2, 0.25) is 0 Å². The molecule has 9 heteroatoms. The van der Waals surface area contributed by atoms with Gasteiger partial charge in [-0.2, -0.15) is 0 Å². The zero-order chi connectivity index (χ0) is 22.9. The van der Waals surface area contributed by atoms with Crippen LogP contribution in [0.4, 0.5) is 0 Å². The Labute approximate surface area is 191 Å². The molecule has 0 fully saturated rings. The van der Waals surface area contributed by atoms with Crippen LogP contribution in [0.15, 0.2) is 59.8 Å². The molecule has 168 valence electrons. The van der Waals surface area contributed by atoms with Crippen LogP contribution >= 0.6 is 11.8 Å². The number of nitrogens with one attached hydrogen (secondary N) is 2. The minimum absolute atomic E-state index is 0.0722. The first-order valence-electron chi connectivity index (χ1n) is 10.3. The summed E-state index contributed by atoms with van der Waals surface area (Å²) in [6.45, 7) is 4.80. The lowest BCUT2D eigenvalue weighted by Crippen LogP contribution is -2.28. The number of amides is 2. The van der Waals surface area contributed by atoms with Gasteiger partial charge in [-0.1, -0.05) is 42.1 Å². The highest BCUT2D eigenvalue weighted by Crippen LogP contribution is 2.18. The van der Waals surface area contributed by atoms with Crippen molar-refractivity contribution in [1.82, 2.24) is 25.4 Å². The Bertz CT molecular complexity index is 1040. The summed E-state index contributed by atoms with van der Waals surface area (Å²) in [5.41, 5.74) is 1.59.